The van der Waals surface area contributed by atoms with Crippen LogP contribution in [0.5, 0.6) is 5.75 Å². The Balaban J connectivity index is 1.50. The minimum Gasteiger partial charge on any atom is -0.507 e. The zero-order valence-corrected chi connectivity index (χ0v) is 12.7. The topological polar surface area (TPSA) is 32.6 Å². The van der Waals surface area contributed by atoms with Crippen LogP contribution in [-0.2, 0) is 0 Å². The number of rotatable bonds is 3. The molecule has 2 nitrogen and oxygen atoms in total. The van der Waals surface area contributed by atoms with Crippen LogP contribution < -0.4 is 0 Å². The Morgan fingerprint density at radius 3 is 2.43 bits per heavy atom. The minimum atomic E-state index is 0.337. The van der Waals surface area contributed by atoms with Crippen molar-refractivity contribution in [1.29, 1.82) is 0 Å². The smallest absolute Gasteiger partial charge is 0.124 e. The van der Waals surface area contributed by atoms with Gasteiger partial charge in [0.05, 0.1) is 0 Å². The number of fused-ring (bicyclic) bond motifs is 1. The summed E-state index contributed by atoms with van der Waals surface area (Å²) in [5, 5.41) is 9.82. The highest BCUT2D eigenvalue weighted by Gasteiger charge is 2.48. The van der Waals surface area contributed by atoms with Crippen LogP contribution in [-0.4, -0.2) is 17.9 Å². The molecule has 0 saturated heterocycles. The SMILES string of the molecule is Oc1ccccc1C=NCC12CC3C[C@H](CC[C@@H](C3)C1)C2. The van der Waals surface area contributed by atoms with Crippen LogP contribution in [0.3, 0.4) is 0 Å². The number of hydrogen-bond donors (Lipinski definition) is 1. The van der Waals surface area contributed by atoms with E-state index in [2.05, 4.69) is 0 Å². The Bertz CT molecular complexity index is 534. The van der Waals surface area contributed by atoms with Crippen molar-refractivity contribution in [2.24, 2.45) is 28.2 Å². The molecule has 5 rings (SSSR count). The zero-order valence-electron chi connectivity index (χ0n) is 12.7. The summed E-state index contributed by atoms with van der Waals surface area (Å²) in [5.41, 5.74) is 1.33. The van der Waals surface area contributed by atoms with Gasteiger partial charge in [-0.25, -0.2) is 0 Å². The maximum atomic E-state index is 9.82. The molecule has 4 aliphatic rings. The third kappa shape index (κ3) is 2.61. The summed E-state index contributed by atoms with van der Waals surface area (Å²) >= 11 is 0. The van der Waals surface area contributed by atoms with Crippen molar-refractivity contribution in [3.05, 3.63) is 29.8 Å². The van der Waals surface area contributed by atoms with E-state index in [1.807, 2.05) is 24.4 Å². The Hall–Kier alpha value is -1.31. The normalized spacial score (nSPS) is 38.0. The van der Waals surface area contributed by atoms with E-state index in [1.54, 1.807) is 6.07 Å². The van der Waals surface area contributed by atoms with Crippen molar-refractivity contribution in [3.8, 4) is 5.75 Å². The second kappa shape index (κ2) is 5.15. The predicted molar refractivity (Wildman–Crippen MR) is 85.8 cm³/mol. The van der Waals surface area contributed by atoms with Gasteiger partial charge in [0.15, 0.2) is 0 Å². The quantitative estimate of drug-likeness (QED) is 0.818. The lowest BCUT2D eigenvalue weighted by Gasteiger charge is -2.47. The first-order valence-electron chi connectivity index (χ1n) is 8.50. The van der Waals surface area contributed by atoms with Crippen LogP contribution in [0.4, 0.5) is 0 Å². The van der Waals surface area contributed by atoms with Crippen molar-refractivity contribution in [3.63, 3.8) is 0 Å². The average molecular weight is 283 g/mol. The molecule has 4 aliphatic carbocycles. The van der Waals surface area contributed by atoms with Gasteiger partial charge in [0.2, 0.25) is 0 Å². The molecule has 0 heterocycles. The molecule has 0 radical (unpaired) electrons. The highest BCUT2D eigenvalue weighted by molar-refractivity contribution is 5.83. The maximum absolute atomic E-state index is 9.82. The van der Waals surface area contributed by atoms with Crippen molar-refractivity contribution in [2.45, 2.75) is 44.9 Å². The lowest BCUT2D eigenvalue weighted by molar-refractivity contribution is 0.0428. The molecule has 0 amide bonds. The first kappa shape index (κ1) is 13.4. The Kier molecular flexibility index (Phi) is 3.28. The second-order valence-corrected chi connectivity index (χ2v) is 7.79. The standard InChI is InChI=1S/C19H25NO/c21-18-4-2-1-3-17(18)12-20-13-19-9-14-5-6-15(10-19)8-16(7-14)11-19/h1-4,12,14-16,21H,5-11,13H2/t14-,15-,16?,19?/m0/s1. The average Bonchev–Trinajstić information content (AvgIpc) is 2.67. The molecular weight excluding hydrogens is 258 g/mol. The number of para-hydroxylation sites is 1. The van der Waals surface area contributed by atoms with Crippen LogP contribution >= 0.6 is 0 Å². The van der Waals surface area contributed by atoms with Crippen LogP contribution in [0, 0.1) is 23.2 Å². The van der Waals surface area contributed by atoms with Crippen LogP contribution in [0.15, 0.2) is 29.3 Å². The summed E-state index contributed by atoms with van der Waals surface area (Å²) in [6.07, 6.45) is 12.0. The fourth-order valence-corrected chi connectivity index (χ4v) is 5.50. The number of hydrogen-bond acceptors (Lipinski definition) is 2. The molecule has 1 aromatic carbocycles. The van der Waals surface area contributed by atoms with Gasteiger partial charge in [-0.1, -0.05) is 25.0 Å². The van der Waals surface area contributed by atoms with Gasteiger partial charge in [-0.15, -0.1) is 0 Å². The van der Waals surface area contributed by atoms with Gasteiger partial charge in [0.1, 0.15) is 5.75 Å². The molecule has 0 unspecified atom stereocenters. The minimum absolute atomic E-state index is 0.337. The second-order valence-electron chi connectivity index (χ2n) is 7.79. The van der Waals surface area contributed by atoms with Crippen LogP contribution in [0.2, 0.25) is 0 Å². The number of aliphatic imine (C=N–C) groups is 1. The van der Waals surface area contributed by atoms with Gasteiger partial charge in [-0.3, -0.25) is 4.99 Å². The van der Waals surface area contributed by atoms with Gasteiger partial charge >= 0.3 is 0 Å². The molecule has 0 spiro atoms. The van der Waals surface area contributed by atoms with Gasteiger partial charge in [0.25, 0.3) is 0 Å². The highest BCUT2D eigenvalue weighted by Crippen LogP contribution is 2.57. The molecular formula is C19H25NO. The molecule has 1 aromatic rings. The third-order valence-electron chi connectivity index (χ3n) is 6.08. The molecule has 0 aromatic heterocycles. The third-order valence-corrected chi connectivity index (χ3v) is 6.08. The lowest BCUT2D eigenvalue weighted by Crippen LogP contribution is -2.39. The summed E-state index contributed by atoms with van der Waals surface area (Å²) in [4.78, 5) is 4.75. The summed E-state index contributed by atoms with van der Waals surface area (Å²) < 4.78 is 0. The summed E-state index contributed by atoms with van der Waals surface area (Å²) in [6.45, 7) is 0.963. The monoisotopic (exact) mass is 283 g/mol. The molecule has 2 atom stereocenters. The molecule has 1 N–H and O–H groups in total. The number of aromatic hydroxyl groups is 1. The van der Waals surface area contributed by atoms with Crippen LogP contribution in [0.1, 0.15) is 50.5 Å². The molecule has 21 heavy (non-hydrogen) atoms. The summed E-state index contributed by atoms with van der Waals surface area (Å²) in [5.74, 6) is 3.25. The van der Waals surface area contributed by atoms with E-state index < -0.39 is 0 Å². The molecule has 2 heteroatoms. The predicted octanol–water partition coefficient (Wildman–Crippen LogP) is 4.42. The Morgan fingerprint density at radius 2 is 1.71 bits per heavy atom. The summed E-state index contributed by atoms with van der Waals surface area (Å²) in [6, 6.07) is 7.48. The fourth-order valence-electron chi connectivity index (χ4n) is 5.50. The Labute approximate surface area is 127 Å². The lowest BCUT2D eigenvalue weighted by atomic mass is 9.58. The largest absolute Gasteiger partial charge is 0.507 e. The van der Waals surface area contributed by atoms with Gasteiger partial charge in [-0.05, 0) is 67.4 Å². The zero-order chi connectivity index (χ0) is 14.3. The number of phenols is 1. The first-order valence-corrected chi connectivity index (χ1v) is 8.50. The van der Waals surface area contributed by atoms with Gasteiger partial charge in [-0.2, -0.15) is 0 Å². The van der Waals surface area contributed by atoms with Crippen molar-refractivity contribution < 1.29 is 5.11 Å². The Morgan fingerprint density at radius 1 is 1.05 bits per heavy atom. The highest BCUT2D eigenvalue weighted by atomic mass is 16.3. The van der Waals surface area contributed by atoms with E-state index in [1.165, 1.54) is 44.9 Å². The molecule has 4 bridgehead atoms. The van der Waals surface area contributed by atoms with Crippen molar-refractivity contribution >= 4 is 6.21 Å². The van der Waals surface area contributed by atoms with E-state index in [0.29, 0.717) is 11.2 Å². The first-order chi connectivity index (χ1) is 10.2. The molecule has 4 fully saturated rings. The van der Waals surface area contributed by atoms with E-state index >= 15 is 0 Å². The fraction of sp³-hybridized carbons (Fsp3) is 0.632. The van der Waals surface area contributed by atoms with Crippen molar-refractivity contribution in [1.82, 2.24) is 0 Å². The van der Waals surface area contributed by atoms with Gasteiger partial charge < -0.3 is 5.11 Å². The van der Waals surface area contributed by atoms with E-state index in [9.17, 15) is 5.11 Å². The molecule has 0 aliphatic heterocycles. The number of nitrogens with zero attached hydrogens (tertiary/aromatic N) is 1. The summed E-state index contributed by atoms with van der Waals surface area (Å²) in [7, 11) is 0. The van der Waals surface area contributed by atoms with E-state index in [4.69, 9.17) is 4.99 Å². The molecule has 4 saturated carbocycles. The van der Waals surface area contributed by atoms with E-state index in [-0.39, 0.29) is 0 Å². The maximum Gasteiger partial charge on any atom is 0.124 e. The van der Waals surface area contributed by atoms with Crippen molar-refractivity contribution in [2.75, 3.05) is 6.54 Å². The van der Waals surface area contributed by atoms with Crippen LogP contribution in [0.25, 0.3) is 0 Å². The number of benzene rings is 1. The number of phenolic OH excluding ortho intramolecular Hbond substituents is 1. The van der Waals surface area contributed by atoms with E-state index in [0.717, 1.165) is 29.9 Å². The van der Waals surface area contributed by atoms with Gasteiger partial charge in [0, 0.05) is 18.3 Å². The molecule has 112 valence electrons.